The molecule has 0 unspecified atom stereocenters. The molecule has 0 aliphatic carbocycles. The standard InChI is InChI=1S/C9H8INO5/c10-5-1-2-7(12)6(3-5)9(15)11-16-4-8(13)14/h1-3,12H,4H2,(H,11,15)(H,13,14). The molecule has 0 heterocycles. The molecule has 6 nitrogen and oxygen atoms in total. The van der Waals surface area contributed by atoms with Crippen LogP contribution in [0.1, 0.15) is 10.4 Å². The van der Waals surface area contributed by atoms with Crippen molar-refractivity contribution < 1.29 is 24.6 Å². The number of aromatic hydroxyl groups is 1. The molecule has 1 aromatic rings. The SMILES string of the molecule is O=C(O)CONC(=O)c1cc(I)ccc1O. The number of hydrogen-bond donors (Lipinski definition) is 3. The number of phenols is 1. The first kappa shape index (κ1) is 12.7. The van der Waals surface area contributed by atoms with E-state index in [-0.39, 0.29) is 11.3 Å². The van der Waals surface area contributed by atoms with Gasteiger partial charge < -0.3 is 10.2 Å². The molecule has 0 fully saturated rings. The van der Waals surface area contributed by atoms with E-state index in [0.29, 0.717) is 0 Å². The van der Waals surface area contributed by atoms with Gasteiger partial charge in [0, 0.05) is 3.57 Å². The number of hydrogen-bond acceptors (Lipinski definition) is 4. The molecular formula is C9H8INO5. The van der Waals surface area contributed by atoms with E-state index in [0.717, 1.165) is 3.57 Å². The molecule has 0 saturated heterocycles. The van der Waals surface area contributed by atoms with E-state index in [9.17, 15) is 14.7 Å². The van der Waals surface area contributed by atoms with Gasteiger partial charge in [0.2, 0.25) is 0 Å². The Kier molecular flexibility index (Phi) is 4.50. The number of phenolic OH excluding ortho intramolecular Hbond substituents is 1. The maximum Gasteiger partial charge on any atom is 0.332 e. The molecule has 1 rings (SSSR count). The normalized spacial score (nSPS) is 9.81. The summed E-state index contributed by atoms with van der Waals surface area (Å²) in [6.45, 7) is -0.642. The summed E-state index contributed by atoms with van der Waals surface area (Å²) in [6, 6.07) is 4.45. The summed E-state index contributed by atoms with van der Waals surface area (Å²) in [6.07, 6.45) is 0. The van der Waals surface area contributed by atoms with Crippen molar-refractivity contribution in [3.8, 4) is 5.75 Å². The number of halogens is 1. The van der Waals surface area contributed by atoms with Crippen LogP contribution in [0.5, 0.6) is 5.75 Å². The predicted molar refractivity (Wildman–Crippen MR) is 61.9 cm³/mol. The Hall–Kier alpha value is -1.35. The highest BCUT2D eigenvalue weighted by Gasteiger charge is 2.11. The van der Waals surface area contributed by atoms with E-state index < -0.39 is 18.5 Å². The molecular weight excluding hydrogens is 329 g/mol. The zero-order chi connectivity index (χ0) is 12.1. The highest BCUT2D eigenvalue weighted by atomic mass is 127. The van der Waals surface area contributed by atoms with E-state index in [4.69, 9.17) is 5.11 Å². The van der Waals surface area contributed by atoms with Crippen molar-refractivity contribution >= 4 is 34.5 Å². The van der Waals surface area contributed by atoms with Crippen LogP contribution in [-0.2, 0) is 9.63 Å². The smallest absolute Gasteiger partial charge is 0.332 e. The number of carbonyl (C=O) groups is 2. The number of nitrogens with one attached hydrogen (secondary N) is 1. The zero-order valence-corrected chi connectivity index (χ0v) is 10.1. The lowest BCUT2D eigenvalue weighted by Crippen LogP contribution is -2.26. The first-order chi connectivity index (χ1) is 7.50. The highest BCUT2D eigenvalue weighted by Crippen LogP contribution is 2.19. The summed E-state index contributed by atoms with van der Waals surface area (Å²) in [4.78, 5) is 25.9. The zero-order valence-electron chi connectivity index (χ0n) is 7.94. The van der Waals surface area contributed by atoms with Gasteiger partial charge in [-0.15, -0.1) is 0 Å². The summed E-state index contributed by atoms with van der Waals surface area (Å²) in [5.74, 6) is -2.10. The first-order valence-corrected chi connectivity index (χ1v) is 5.21. The van der Waals surface area contributed by atoms with Crippen LogP contribution in [0.4, 0.5) is 0 Å². The largest absolute Gasteiger partial charge is 0.507 e. The van der Waals surface area contributed by atoms with Gasteiger partial charge in [0.25, 0.3) is 5.91 Å². The van der Waals surface area contributed by atoms with Gasteiger partial charge in [-0.3, -0.25) is 9.63 Å². The van der Waals surface area contributed by atoms with E-state index in [1.54, 1.807) is 6.07 Å². The third-order valence-corrected chi connectivity index (χ3v) is 2.23. The minimum absolute atomic E-state index is 0.0253. The molecule has 0 bridgehead atoms. The lowest BCUT2D eigenvalue weighted by molar-refractivity contribution is -0.144. The Bertz CT molecular complexity index is 420. The summed E-state index contributed by atoms with van der Waals surface area (Å²) < 4.78 is 0.763. The Morgan fingerprint density at radius 2 is 2.12 bits per heavy atom. The molecule has 0 aliphatic heterocycles. The molecule has 0 saturated carbocycles. The van der Waals surface area contributed by atoms with Crippen molar-refractivity contribution in [1.29, 1.82) is 0 Å². The lowest BCUT2D eigenvalue weighted by Gasteiger charge is -2.05. The highest BCUT2D eigenvalue weighted by molar-refractivity contribution is 14.1. The minimum atomic E-state index is -1.20. The number of carboxylic acid groups (broad SMARTS) is 1. The maximum absolute atomic E-state index is 11.4. The fourth-order valence-corrected chi connectivity index (χ4v) is 1.40. The number of carboxylic acids is 1. The quantitative estimate of drug-likeness (QED) is 0.556. The Labute approximate surface area is 104 Å². The third kappa shape index (κ3) is 3.66. The van der Waals surface area contributed by atoms with Crippen LogP contribution >= 0.6 is 22.6 Å². The van der Waals surface area contributed by atoms with Crippen molar-refractivity contribution in [2.75, 3.05) is 6.61 Å². The van der Waals surface area contributed by atoms with Crippen molar-refractivity contribution in [2.24, 2.45) is 0 Å². The molecule has 0 spiro atoms. The van der Waals surface area contributed by atoms with Crippen molar-refractivity contribution in [1.82, 2.24) is 5.48 Å². The monoisotopic (exact) mass is 337 g/mol. The van der Waals surface area contributed by atoms with Gasteiger partial charge in [-0.05, 0) is 40.8 Å². The maximum atomic E-state index is 11.4. The molecule has 3 N–H and O–H groups in total. The van der Waals surface area contributed by atoms with Crippen LogP contribution in [0.15, 0.2) is 18.2 Å². The second kappa shape index (κ2) is 5.66. The number of aliphatic carboxylic acids is 1. The molecule has 86 valence electrons. The average molecular weight is 337 g/mol. The second-order valence-corrected chi connectivity index (χ2v) is 4.02. The lowest BCUT2D eigenvalue weighted by atomic mass is 10.2. The second-order valence-electron chi connectivity index (χ2n) is 2.78. The van der Waals surface area contributed by atoms with Gasteiger partial charge in [-0.2, -0.15) is 0 Å². The molecule has 7 heteroatoms. The fourth-order valence-electron chi connectivity index (χ4n) is 0.908. The van der Waals surface area contributed by atoms with Gasteiger partial charge in [0.05, 0.1) is 5.56 Å². The van der Waals surface area contributed by atoms with Gasteiger partial charge in [0.1, 0.15) is 5.75 Å². The van der Waals surface area contributed by atoms with Gasteiger partial charge in [0.15, 0.2) is 6.61 Å². The topological polar surface area (TPSA) is 95.9 Å². The van der Waals surface area contributed by atoms with Crippen LogP contribution in [0, 0.1) is 3.57 Å². The number of benzene rings is 1. The number of hydroxylamine groups is 1. The molecule has 1 aromatic carbocycles. The van der Waals surface area contributed by atoms with E-state index in [1.807, 2.05) is 28.1 Å². The predicted octanol–water partition coefficient (Wildman–Crippen LogP) is 0.743. The molecule has 0 aromatic heterocycles. The summed E-state index contributed by atoms with van der Waals surface area (Å²) in [7, 11) is 0. The number of carbonyl (C=O) groups excluding carboxylic acids is 1. The number of amides is 1. The van der Waals surface area contributed by atoms with Crippen molar-refractivity contribution in [2.45, 2.75) is 0 Å². The summed E-state index contributed by atoms with van der Waals surface area (Å²) in [5.41, 5.74) is 1.94. The summed E-state index contributed by atoms with van der Waals surface area (Å²) in [5, 5.41) is 17.6. The minimum Gasteiger partial charge on any atom is -0.507 e. The molecule has 16 heavy (non-hydrogen) atoms. The average Bonchev–Trinajstić information content (AvgIpc) is 2.21. The van der Waals surface area contributed by atoms with Crippen molar-refractivity contribution in [3.05, 3.63) is 27.3 Å². The fraction of sp³-hybridized carbons (Fsp3) is 0.111. The molecule has 1 amide bonds. The Morgan fingerprint density at radius 3 is 2.75 bits per heavy atom. The van der Waals surface area contributed by atoms with E-state index >= 15 is 0 Å². The van der Waals surface area contributed by atoms with Crippen molar-refractivity contribution in [3.63, 3.8) is 0 Å². The van der Waals surface area contributed by atoms with E-state index in [1.165, 1.54) is 12.1 Å². The van der Waals surface area contributed by atoms with Crippen LogP contribution in [0.2, 0.25) is 0 Å². The van der Waals surface area contributed by atoms with Gasteiger partial charge in [-0.25, -0.2) is 10.3 Å². The third-order valence-electron chi connectivity index (χ3n) is 1.56. The molecule has 0 aliphatic rings. The molecule has 0 radical (unpaired) electrons. The van der Waals surface area contributed by atoms with Crippen LogP contribution < -0.4 is 5.48 Å². The Morgan fingerprint density at radius 1 is 1.44 bits per heavy atom. The summed E-state index contributed by atoms with van der Waals surface area (Å²) >= 11 is 1.98. The molecule has 0 atom stereocenters. The Balaban J connectivity index is 2.65. The van der Waals surface area contributed by atoms with Gasteiger partial charge >= 0.3 is 5.97 Å². The number of rotatable bonds is 4. The van der Waals surface area contributed by atoms with Crippen LogP contribution in [0.3, 0.4) is 0 Å². The van der Waals surface area contributed by atoms with E-state index in [2.05, 4.69) is 4.84 Å². The van der Waals surface area contributed by atoms with Crippen LogP contribution in [-0.4, -0.2) is 28.7 Å². The van der Waals surface area contributed by atoms with Crippen LogP contribution in [0.25, 0.3) is 0 Å². The first-order valence-electron chi connectivity index (χ1n) is 4.13. The van der Waals surface area contributed by atoms with Gasteiger partial charge in [-0.1, -0.05) is 0 Å².